The highest BCUT2D eigenvalue weighted by Gasteiger charge is 2.31. The molecule has 0 saturated carbocycles. The fraction of sp³-hybridized carbons (Fsp3) is 0.462. The Morgan fingerprint density at radius 2 is 1.89 bits per heavy atom. The zero-order chi connectivity index (χ0) is 13.2. The van der Waals surface area contributed by atoms with E-state index in [1.165, 1.54) is 12.1 Å². The molecule has 1 aromatic rings. The smallest absolute Gasteiger partial charge is 0.316 e. The van der Waals surface area contributed by atoms with Crippen LogP contribution in [0.2, 0.25) is 0 Å². The summed E-state index contributed by atoms with van der Waals surface area (Å²) in [5, 5.41) is 12.2. The van der Waals surface area contributed by atoms with Gasteiger partial charge < -0.3 is 5.32 Å². The van der Waals surface area contributed by atoms with Crippen molar-refractivity contribution in [1.29, 1.82) is 5.26 Å². The summed E-state index contributed by atoms with van der Waals surface area (Å²) >= 11 is 0. The third-order valence-electron chi connectivity index (χ3n) is 3.31. The average Bonchev–Trinajstić information content (AvgIpc) is 2.38. The molecule has 0 spiro atoms. The molecule has 2 unspecified atom stereocenters. The lowest BCUT2D eigenvalue weighted by Gasteiger charge is -2.28. The fourth-order valence-electron chi connectivity index (χ4n) is 2.28. The van der Waals surface area contributed by atoms with E-state index >= 15 is 0 Å². The first-order valence-corrected chi connectivity index (χ1v) is 5.80. The second kappa shape index (κ2) is 4.99. The van der Waals surface area contributed by atoms with E-state index in [1.54, 1.807) is 0 Å². The highest BCUT2D eigenvalue weighted by Crippen LogP contribution is 2.33. The minimum absolute atomic E-state index is 0.0222. The van der Waals surface area contributed by atoms with Crippen molar-refractivity contribution in [1.82, 2.24) is 5.32 Å². The Labute approximate surface area is 103 Å². The van der Waals surface area contributed by atoms with Gasteiger partial charge in [-0.15, -0.1) is 0 Å². The van der Waals surface area contributed by atoms with Crippen LogP contribution in [0, 0.1) is 17.2 Å². The van der Waals surface area contributed by atoms with Crippen molar-refractivity contribution in [3.63, 3.8) is 0 Å². The zero-order valence-corrected chi connectivity index (χ0v) is 9.67. The standard InChI is InChI=1S/C13H13F3N2/c14-13(15,16)11-3-1-9(2-4-11)12-8-18-6-5-10(12)7-17/h1-4,10,12,18H,5-6,8H2. The summed E-state index contributed by atoms with van der Waals surface area (Å²) in [5.41, 5.74) is 0.144. The molecular formula is C13H13F3N2. The molecule has 1 aliphatic rings. The molecule has 2 rings (SSSR count). The maximum atomic E-state index is 12.4. The van der Waals surface area contributed by atoms with Crippen LogP contribution < -0.4 is 5.32 Å². The Bertz CT molecular complexity index is 445. The summed E-state index contributed by atoms with van der Waals surface area (Å²) in [5.74, 6) is -0.144. The van der Waals surface area contributed by atoms with E-state index < -0.39 is 11.7 Å². The van der Waals surface area contributed by atoms with Gasteiger partial charge in [0.05, 0.1) is 17.6 Å². The normalized spacial score (nSPS) is 24.6. The van der Waals surface area contributed by atoms with Crippen LogP contribution in [0.15, 0.2) is 24.3 Å². The molecule has 2 atom stereocenters. The number of alkyl halides is 3. The zero-order valence-electron chi connectivity index (χ0n) is 9.67. The highest BCUT2D eigenvalue weighted by atomic mass is 19.4. The first-order valence-electron chi connectivity index (χ1n) is 5.80. The SMILES string of the molecule is N#CC1CCNCC1c1ccc(C(F)(F)F)cc1. The number of nitrogens with zero attached hydrogens (tertiary/aromatic N) is 1. The van der Waals surface area contributed by atoms with Gasteiger partial charge in [0, 0.05) is 12.5 Å². The van der Waals surface area contributed by atoms with Crippen LogP contribution in [0.25, 0.3) is 0 Å². The maximum absolute atomic E-state index is 12.4. The molecule has 0 bridgehead atoms. The van der Waals surface area contributed by atoms with Gasteiger partial charge in [0.15, 0.2) is 0 Å². The largest absolute Gasteiger partial charge is 0.416 e. The lowest BCUT2D eigenvalue weighted by molar-refractivity contribution is -0.137. The number of rotatable bonds is 1. The van der Waals surface area contributed by atoms with E-state index in [0.29, 0.717) is 6.54 Å². The van der Waals surface area contributed by atoms with Gasteiger partial charge in [-0.3, -0.25) is 0 Å². The molecule has 5 heteroatoms. The van der Waals surface area contributed by atoms with Crippen molar-refractivity contribution in [2.75, 3.05) is 13.1 Å². The van der Waals surface area contributed by atoms with E-state index in [-0.39, 0.29) is 11.8 Å². The molecule has 1 heterocycles. The predicted octanol–water partition coefficient (Wildman–Crippen LogP) is 2.92. The Morgan fingerprint density at radius 3 is 2.44 bits per heavy atom. The molecule has 96 valence electrons. The molecule has 0 aliphatic carbocycles. The molecule has 1 saturated heterocycles. The van der Waals surface area contributed by atoms with Gasteiger partial charge in [0.25, 0.3) is 0 Å². The van der Waals surface area contributed by atoms with E-state index in [1.807, 2.05) is 0 Å². The van der Waals surface area contributed by atoms with Gasteiger partial charge in [-0.2, -0.15) is 18.4 Å². The van der Waals surface area contributed by atoms with E-state index in [9.17, 15) is 13.2 Å². The number of hydrogen-bond acceptors (Lipinski definition) is 2. The van der Waals surface area contributed by atoms with Crippen molar-refractivity contribution in [3.05, 3.63) is 35.4 Å². The molecule has 0 radical (unpaired) electrons. The van der Waals surface area contributed by atoms with Crippen LogP contribution in [-0.4, -0.2) is 13.1 Å². The lowest BCUT2D eigenvalue weighted by atomic mass is 9.82. The highest BCUT2D eigenvalue weighted by molar-refractivity contribution is 5.29. The Balaban J connectivity index is 2.21. The molecule has 0 aromatic heterocycles. The Kier molecular flexibility index (Phi) is 3.58. The van der Waals surface area contributed by atoms with Crippen molar-refractivity contribution in [3.8, 4) is 6.07 Å². The third kappa shape index (κ3) is 2.65. The van der Waals surface area contributed by atoms with Crippen LogP contribution in [0.5, 0.6) is 0 Å². The number of halogens is 3. The minimum atomic E-state index is -4.31. The molecule has 1 aromatic carbocycles. The average molecular weight is 254 g/mol. The summed E-state index contributed by atoms with van der Waals surface area (Å²) in [6.07, 6.45) is -3.57. The summed E-state index contributed by atoms with van der Waals surface area (Å²) < 4.78 is 37.3. The molecule has 1 N–H and O–H groups in total. The number of nitriles is 1. The number of benzene rings is 1. The summed E-state index contributed by atoms with van der Waals surface area (Å²) in [7, 11) is 0. The van der Waals surface area contributed by atoms with Crippen molar-refractivity contribution in [2.45, 2.75) is 18.5 Å². The molecule has 18 heavy (non-hydrogen) atoms. The second-order valence-corrected chi connectivity index (χ2v) is 4.45. The van der Waals surface area contributed by atoms with Crippen LogP contribution in [0.4, 0.5) is 13.2 Å². The molecule has 0 amide bonds. The van der Waals surface area contributed by atoms with E-state index in [4.69, 9.17) is 5.26 Å². The van der Waals surface area contributed by atoms with Crippen molar-refractivity contribution in [2.24, 2.45) is 5.92 Å². The van der Waals surface area contributed by atoms with Crippen molar-refractivity contribution >= 4 is 0 Å². The van der Waals surface area contributed by atoms with Crippen LogP contribution in [0.3, 0.4) is 0 Å². The van der Waals surface area contributed by atoms with E-state index in [0.717, 1.165) is 30.7 Å². The lowest BCUT2D eigenvalue weighted by Crippen LogP contribution is -2.34. The molecular weight excluding hydrogens is 241 g/mol. The quantitative estimate of drug-likeness (QED) is 0.836. The third-order valence-corrected chi connectivity index (χ3v) is 3.31. The Hall–Kier alpha value is -1.54. The van der Waals surface area contributed by atoms with Gasteiger partial charge in [-0.05, 0) is 30.7 Å². The summed E-state index contributed by atoms with van der Waals surface area (Å²) in [4.78, 5) is 0. The fourth-order valence-corrected chi connectivity index (χ4v) is 2.28. The minimum Gasteiger partial charge on any atom is -0.316 e. The van der Waals surface area contributed by atoms with Gasteiger partial charge in [-0.25, -0.2) is 0 Å². The first-order chi connectivity index (χ1) is 8.52. The molecule has 1 fully saturated rings. The first kappa shape index (κ1) is 12.9. The van der Waals surface area contributed by atoms with Crippen LogP contribution >= 0.6 is 0 Å². The Morgan fingerprint density at radius 1 is 1.22 bits per heavy atom. The summed E-state index contributed by atoms with van der Waals surface area (Å²) in [6.45, 7) is 1.43. The summed E-state index contributed by atoms with van der Waals surface area (Å²) in [6, 6.07) is 7.35. The topological polar surface area (TPSA) is 35.8 Å². The second-order valence-electron chi connectivity index (χ2n) is 4.45. The van der Waals surface area contributed by atoms with Crippen LogP contribution in [0.1, 0.15) is 23.5 Å². The number of piperidine rings is 1. The van der Waals surface area contributed by atoms with Crippen molar-refractivity contribution < 1.29 is 13.2 Å². The monoisotopic (exact) mass is 254 g/mol. The van der Waals surface area contributed by atoms with E-state index in [2.05, 4.69) is 11.4 Å². The van der Waals surface area contributed by atoms with Gasteiger partial charge in [0.1, 0.15) is 0 Å². The number of nitrogens with one attached hydrogen (secondary N) is 1. The number of hydrogen-bond donors (Lipinski definition) is 1. The van der Waals surface area contributed by atoms with Gasteiger partial charge >= 0.3 is 6.18 Å². The maximum Gasteiger partial charge on any atom is 0.416 e. The molecule has 1 aliphatic heterocycles. The van der Waals surface area contributed by atoms with Crippen LogP contribution in [-0.2, 0) is 6.18 Å². The predicted molar refractivity (Wildman–Crippen MR) is 60.8 cm³/mol. The van der Waals surface area contributed by atoms with Gasteiger partial charge in [0.2, 0.25) is 0 Å². The van der Waals surface area contributed by atoms with Gasteiger partial charge in [-0.1, -0.05) is 12.1 Å². The molecule has 2 nitrogen and oxygen atoms in total.